The Hall–Kier alpha value is -0.530. The number of hydrogen-bond acceptors (Lipinski definition) is 1. The van der Waals surface area contributed by atoms with Crippen LogP contribution in [0.4, 0.5) is 0 Å². The second-order valence-corrected chi connectivity index (χ2v) is 3.19. The van der Waals surface area contributed by atoms with Crippen molar-refractivity contribution >= 4 is 5.91 Å². The van der Waals surface area contributed by atoms with Crippen molar-refractivity contribution in [1.29, 1.82) is 0 Å². The maximum atomic E-state index is 11.5. The number of nitrogens with zero attached hydrogens (tertiary/aromatic N) is 1. The predicted octanol–water partition coefficient (Wildman–Crippen LogP) is 1.65. The van der Waals surface area contributed by atoms with Crippen LogP contribution in [0.15, 0.2) is 0 Å². The molecule has 0 aliphatic carbocycles. The van der Waals surface area contributed by atoms with Gasteiger partial charge in [0.2, 0.25) is 5.91 Å². The molecule has 1 aliphatic rings. The summed E-state index contributed by atoms with van der Waals surface area (Å²) in [5.41, 5.74) is 0. The normalized spacial score (nSPS) is 24.7. The third kappa shape index (κ3) is 1.73. The first-order valence-electron chi connectivity index (χ1n) is 4.58. The van der Waals surface area contributed by atoms with Crippen LogP contribution in [0, 0.1) is 5.92 Å². The van der Waals surface area contributed by atoms with E-state index in [9.17, 15) is 4.79 Å². The largest absolute Gasteiger partial charge is 0.343 e. The summed E-state index contributed by atoms with van der Waals surface area (Å²) in [6, 6.07) is 0. The fraction of sp³-hybridized carbons (Fsp3) is 0.889. The van der Waals surface area contributed by atoms with Crippen LogP contribution in [0.5, 0.6) is 0 Å². The number of rotatable bonds is 3. The number of amides is 1. The molecule has 0 aromatic carbocycles. The molecule has 64 valence electrons. The first-order chi connectivity index (χ1) is 5.29. The molecule has 1 fully saturated rings. The number of carbonyl (C=O) groups excluding carboxylic acids is 1. The molecule has 0 radical (unpaired) electrons. The van der Waals surface area contributed by atoms with Gasteiger partial charge in [-0.25, -0.2) is 0 Å². The molecule has 2 heteroatoms. The van der Waals surface area contributed by atoms with Gasteiger partial charge in [-0.3, -0.25) is 4.79 Å². The molecule has 1 aliphatic heterocycles. The average Bonchev–Trinajstić information content (AvgIpc) is 2.34. The maximum Gasteiger partial charge on any atom is 0.225 e. The third-order valence-corrected chi connectivity index (χ3v) is 2.43. The quantitative estimate of drug-likeness (QED) is 0.607. The van der Waals surface area contributed by atoms with Gasteiger partial charge in [0.15, 0.2) is 0 Å². The first kappa shape index (κ1) is 8.57. The highest BCUT2D eigenvalue weighted by Gasteiger charge is 2.28. The molecule has 11 heavy (non-hydrogen) atoms. The van der Waals surface area contributed by atoms with Crippen molar-refractivity contribution in [2.45, 2.75) is 33.1 Å². The lowest BCUT2D eigenvalue weighted by atomic mass is 10.0. The molecule has 0 spiro atoms. The Kier molecular flexibility index (Phi) is 2.92. The summed E-state index contributed by atoms with van der Waals surface area (Å²) in [6.07, 6.45) is 3.30. The lowest BCUT2D eigenvalue weighted by molar-refractivity contribution is -0.130. The number of carbonyl (C=O) groups is 1. The molecule has 0 N–H and O–H groups in total. The molecular formula is C9H17NO. The van der Waals surface area contributed by atoms with E-state index in [1.54, 1.807) is 0 Å². The van der Waals surface area contributed by atoms with Gasteiger partial charge < -0.3 is 4.90 Å². The first-order valence-corrected chi connectivity index (χ1v) is 4.58. The fourth-order valence-corrected chi connectivity index (χ4v) is 1.73. The molecule has 0 bridgehead atoms. The maximum absolute atomic E-state index is 11.5. The molecule has 0 saturated carbocycles. The van der Waals surface area contributed by atoms with Crippen LogP contribution in [-0.2, 0) is 4.79 Å². The second kappa shape index (κ2) is 3.74. The molecule has 1 unspecified atom stereocenters. The van der Waals surface area contributed by atoms with Gasteiger partial charge in [-0.15, -0.1) is 0 Å². The van der Waals surface area contributed by atoms with Crippen molar-refractivity contribution in [2.24, 2.45) is 5.92 Å². The minimum Gasteiger partial charge on any atom is -0.343 e. The summed E-state index contributed by atoms with van der Waals surface area (Å²) >= 11 is 0. The van der Waals surface area contributed by atoms with Crippen molar-refractivity contribution in [2.75, 3.05) is 13.1 Å². The van der Waals surface area contributed by atoms with E-state index >= 15 is 0 Å². The van der Waals surface area contributed by atoms with Crippen LogP contribution < -0.4 is 0 Å². The Labute approximate surface area is 68.6 Å². The van der Waals surface area contributed by atoms with Crippen molar-refractivity contribution < 1.29 is 4.79 Å². The number of likely N-dealkylation sites (tertiary alicyclic amines) is 1. The minimum atomic E-state index is 0.347. The molecule has 0 aromatic heterocycles. The molecule has 1 heterocycles. The van der Waals surface area contributed by atoms with Gasteiger partial charge in [-0.05, 0) is 19.8 Å². The Bertz CT molecular complexity index is 144. The lowest BCUT2D eigenvalue weighted by Gasteiger charge is -2.12. The van der Waals surface area contributed by atoms with Crippen LogP contribution in [0.2, 0.25) is 0 Å². The van der Waals surface area contributed by atoms with E-state index < -0.39 is 0 Å². The van der Waals surface area contributed by atoms with Crippen molar-refractivity contribution in [3.05, 3.63) is 0 Å². The van der Waals surface area contributed by atoms with Gasteiger partial charge in [0.25, 0.3) is 0 Å². The van der Waals surface area contributed by atoms with E-state index in [-0.39, 0.29) is 0 Å². The standard InChI is InChI=1S/C9H17NO/c1-3-5-8-6-7-10(4-2)9(8)11/h8H,3-7H2,1-2H3. The summed E-state index contributed by atoms with van der Waals surface area (Å²) in [4.78, 5) is 13.4. The fourth-order valence-electron chi connectivity index (χ4n) is 1.73. The topological polar surface area (TPSA) is 20.3 Å². The summed E-state index contributed by atoms with van der Waals surface area (Å²) in [5, 5.41) is 0. The van der Waals surface area contributed by atoms with Crippen molar-refractivity contribution in [1.82, 2.24) is 4.90 Å². The molecule has 0 aromatic rings. The van der Waals surface area contributed by atoms with E-state index in [0.717, 1.165) is 32.4 Å². The monoisotopic (exact) mass is 155 g/mol. The lowest BCUT2D eigenvalue weighted by Crippen LogP contribution is -2.26. The van der Waals surface area contributed by atoms with Crippen molar-refractivity contribution in [3.63, 3.8) is 0 Å². The van der Waals surface area contributed by atoms with Crippen molar-refractivity contribution in [3.8, 4) is 0 Å². The van der Waals surface area contributed by atoms with Crippen LogP contribution in [-0.4, -0.2) is 23.9 Å². The smallest absolute Gasteiger partial charge is 0.225 e. The van der Waals surface area contributed by atoms with E-state index in [1.807, 2.05) is 11.8 Å². The van der Waals surface area contributed by atoms with Crippen LogP contribution in [0.3, 0.4) is 0 Å². The van der Waals surface area contributed by atoms with Gasteiger partial charge >= 0.3 is 0 Å². The molecule has 1 amide bonds. The highest BCUT2D eigenvalue weighted by molar-refractivity contribution is 5.80. The Morgan fingerprint density at radius 1 is 1.55 bits per heavy atom. The van der Waals surface area contributed by atoms with Crippen LogP contribution in [0.25, 0.3) is 0 Å². The SMILES string of the molecule is CCCC1CCN(CC)C1=O. The highest BCUT2D eigenvalue weighted by Crippen LogP contribution is 2.21. The Balaban J connectivity index is 2.42. The molecular weight excluding hydrogens is 138 g/mol. The van der Waals surface area contributed by atoms with E-state index in [0.29, 0.717) is 11.8 Å². The summed E-state index contributed by atoms with van der Waals surface area (Å²) in [7, 11) is 0. The number of hydrogen-bond donors (Lipinski definition) is 0. The zero-order valence-electron chi connectivity index (χ0n) is 7.47. The van der Waals surface area contributed by atoms with E-state index in [1.165, 1.54) is 0 Å². The summed E-state index contributed by atoms with van der Waals surface area (Å²) < 4.78 is 0. The predicted molar refractivity (Wildman–Crippen MR) is 45.3 cm³/mol. The third-order valence-electron chi connectivity index (χ3n) is 2.43. The van der Waals surface area contributed by atoms with Crippen LogP contribution in [0.1, 0.15) is 33.1 Å². The Morgan fingerprint density at radius 2 is 2.27 bits per heavy atom. The zero-order valence-corrected chi connectivity index (χ0v) is 7.47. The molecule has 2 nitrogen and oxygen atoms in total. The Morgan fingerprint density at radius 3 is 2.73 bits per heavy atom. The second-order valence-electron chi connectivity index (χ2n) is 3.19. The van der Waals surface area contributed by atoms with Crippen LogP contribution >= 0.6 is 0 Å². The molecule has 1 rings (SSSR count). The van der Waals surface area contributed by atoms with Gasteiger partial charge in [-0.2, -0.15) is 0 Å². The summed E-state index contributed by atoms with van der Waals surface area (Å²) in [6.45, 7) is 6.06. The zero-order chi connectivity index (χ0) is 8.27. The van der Waals surface area contributed by atoms with Gasteiger partial charge in [0.1, 0.15) is 0 Å². The van der Waals surface area contributed by atoms with Gasteiger partial charge in [-0.1, -0.05) is 13.3 Å². The average molecular weight is 155 g/mol. The van der Waals surface area contributed by atoms with Gasteiger partial charge in [0.05, 0.1) is 0 Å². The van der Waals surface area contributed by atoms with E-state index in [2.05, 4.69) is 6.92 Å². The summed E-state index contributed by atoms with van der Waals surface area (Å²) in [5.74, 6) is 0.731. The molecule has 1 atom stereocenters. The molecule has 1 saturated heterocycles. The van der Waals surface area contributed by atoms with E-state index in [4.69, 9.17) is 0 Å². The minimum absolute atomic E-state index is 0.347. The van der Waals surface area contributed by atoms with Gasteiger partial charge in [0, 0.05) is 19.0 Å². The highest BCUT2D eigenvalue weighted by atomic mass is 16.2.